The van der Waals surface area contributed by atoms with Crippen LogP contribution in [0.4, 0.5) is 17.6 Å². The first-order chi connectivity index (χ1) is 16.7. The molecule has 9 heteroatoms. The Labute approximate surface area is 200 Å². The van der Waals surface area contributed by atoms with E-state index in [1.165, 1.54) is 31.4 Å². The van der Waals surface area contributed by atoms with Crippen LogP contribution in [0.1, 0.15) is 46.5 Å². The van der Waals surface area contributed by atoms with E-state index >= 15 is 0 Å². The van der Waals surface area contributed by atoms with Crippen molar-refractivity contribution in [1.29, 1.82) is 0 Å². The maximum Gasteiger partial charge on any atom is 0.433 e. The molecule has 1 aliphatic rings. The summed E-state index contributed by atoms with van der Waals surface area (Å²) in [7, 11) is 1.52. The van der Waals surface area contributed by atoms with Crippen molar-refractivity contribution in [3.05, 3.63) is 94.6 Å². The number of carbonyl (C=O) groups excluding carboxylic acids is 1. The largest absolute Gasteiger partial charge is 0.493 e. The molecule has 2 aromatic carbocycles. The highest BCUT2D eigenvalue weighted by Gasteiger charge is 2.32. The van der Waals surface area contributed by atoms with Gasteiger partial charge in [-0.2, -0.15) is 13.2 Å². The number of hydrogen-bond donors (Lipinski definition) is 2. The summed E-state index contributed by atoms with van der Waals surface area (Å²) < 4.78 is 57.7. The van der Waals surface area contributed by atoms with E-state index in [0.717, 1.165) is 29.4 Å². The normalized spacial score (nSPS) is 14.7. The van der Waals surface area contributed by atoms with Gasteiger partial charge in [0.1, 0.15) is 23.3 Å². The topological polar surface area (TPSA) is 63.2 Å². The highest BCUT2D eigenvalue weighted by Crippen LogP contribution is 2.32. The lowest BCUT2D eigenvalue weighted by Gasteiger charge is -2.26. The van der Waals surface area contributed by atoms with E-state index in [1.807, 2.05) is 18.2 Å². The quantitative estimate of drug-likeness (QED) is 0.443. The molecule has 35 heavy (non-hydrogen) atoms. The van der Waals surface area contributed by atoms with Crippen LogP contribution in [-0.2, 0) is 23.8 Å². The zero-order chi connectivity index (χ0) is 25.0. The molecule has 1 aromatic heterocycles. The average molecular weight is 487 g/mol. The fourth-order valence-corrected chi connectivity index (χ4v) is 4.14. The predicted molar refractivity (Wildman–Crippen MR) is 122 cm³/mol. The second-order valence-electron chi connectivity index (χ2n) is 8.37. The molecule has 0 unspecified atom stereocenters. The minimum atomic E-state index is -4.50. The molecule has 3 aromatic rings. The van der Waals surface area contributed by atoms with Gasteiger partial charge < -0.3 is 10.1 Å². The molecule has 0 saturated carbocycles. The zero-order valence-corrected chi connectivity index (χ0v) is 19.0. The molecule has 0 aliphatic carbocycles. The Morgan fingerprint density at radius 1 is 1.09 bits per heavy atom. The maximum absolute atomic E-state index is 13.5. The number of ether oxygens (including phenoxy) is 1. The molecular formula is C26H25F4N3O2. The molecule has 2 heterocycles. The first-order valence-electron chi connectivity index (χ1n) is 11.3. The van der Waals surface area contributed by atoms with Gasteiger partial charge in [0.25, 0.3) is 0 Å². The van der Waals surface area contributed by atoms with Crippen LogP contribution in [0.3, 0.4) is 0 Å². The number of aromatic nitrogens is 1. The van der Waals surface area contributed by atoms with E-state index in [4.69, 9.17) is 4.74 Å². The highest BCUT2D eigenvalue weighted by atomic mass is 19.4. The van der Waals surface area contributed by atoms with Crippen molar-refractivity contribution in [2.45, 2.75) is 37.5 Å². The second-order valence-corrected chi connectivity index (χ2v) is 8.37. The Morgan fingerprint density at radius 3 is 2.49 bits per heavy atom. The standard InChI is InChI=1S/C26H25F4N3O2/c1-31-25(34)24(17-4-7-20(27)8-5-17)33-21(18-6-10-22-19(14-18)12-13-35-22)9-2-16-3-11-23(32-15-16)26(28,29)30/h3-8,10-11,14-15,21,24,33H,2,9,12-13H2,1H3,(H,31,34)/t21-,24+/m0/s1. The van der Waals surface area contributed by atoms with E-state index in [-0.39, 0.29) is 11.9 Å². The number of amides is 1. The second kappa shape index (κ2) is 10.4. The SMILES string of the molecule is CNC(=O)[C@H](N[C@@H](CCc1ccc(C(F)(F)F)nc1)c1ccc2c(c1)CCO2)c1ccc(F)cc1. The van der Waals surface area contributed by atoms with Crippen molar-refractivity contribution in [1.82, 2.24) is 15.6 Å². The molecule has 184 valence electrons. The number of rotatable bonds is 8. The van der Waals surface area contributed by atoms with Crippen LogP contribution >= 0.6 is 0 Å². The summed E-state index contributed by atoms with van der Waals surface area (Å²) in [5.41, 5.74) is 2.28. The van der Waals surface area contributed by atoms with E-state index in [1.54, 1.807) is 12.1 Å². The van der Waals surface area contributed by atoms with Gasteiger partial charge in [0.05, 0.1) is 6.61 Å². The number of hydrogen-bond acceptors (Lipinski definition) is 4. The molecule has 2 atom stereocenters. The maximum atomic E-state index is 13.5. The van der Waals surface area contributed by atoms with Crippen molar-refractivity contribution >= 4 is 5.91 Å². The lowest BCUT2D eigenvalue weighted by molar-refractivity contribution is -0.141. The van der Waals surface area contributed by atoms with Gasteiger partial charge in [-0.3, -0.25) is 15.1 Å². The molecule has 0 saturated heterocycles. The van der Waals surface area contributed by atoms with Gasteiger partial charge in [-0.25, -0.2) is 4.39 Å². The van der Waals surface area contributed by atoms with Crippen LogP contribution in [0.5, 0.6) is 5.75 Å². The third-order valence-electron chi connectivity index (χ3n) is 6.03. The van der Waals surface area contributed by atoms with Gasteiger partial charge >= 0.3 is 6.18 Å². The smallest absolute Gasteiger partial charge is 0.433 e. The summed E-state index contributed by atoms with van der Waals surface area (Å²) in [6.45, 7) is 0.602. The number of nitrogens with one attached hydrogen (secondary N) is 2. The van der Waals surface area contributed by atoms with Crippen molar-refractivity contribution in [3.63, 3.8) is 0 Å². The summed E-state index contributed by atoms with van der Waals surface area (Å²) in [6.07, 6.45) is -1.57. The first kappa shape index (κ1) is 24.7. The number of likely N-dealkylation sites (N-methyl/N-ethyl adjacent to an activating group) is 1. The van der Waals surface area contributed by atoms with Crippen LogP contribution in [-0.4, -0.2) is 24.5 Å². The number of carbonyl (C=O) groups is 1. The number of halogens is 4. The first-order valence-corrected chi connectivity index (χ1v) is 11.3. The van der Waals surface area contributed by atoms with E-state index in [2.05, 4.69) is 15.6 Å². The number of pyridine rings is 1. The van der Waals surface area contributed by atoms with Crippen LogP contribution in [0, 0.1) is 5.82 Å². The van der Waals surface area contributed by atoms with Gasteiger partial charge in [-0.05, 0) is 59.4 Å². The highest BCUT2D eigenvalue weighted by molar-refractivity contribution is 5.83. The van der Waals surface area contributed by atoms with Gasteiger partial charge in [0, 0.05) is 25.7 Å². The molecule has 2 N–H and O–H groups in total. The molecule has 1 amide bonds. The fraction of sp³-hybridized carbons (Fsp3) is 0.308. The van der Waals surface area contributed by atoms with Gasteiger partial charge in [0.15, 0.2) is 0 Å². The van der Waals surface area contributed by atoms with Crippen LogP contribution in [0.25, 0.3) is 0 Å². The van der Waals surface area contributed by atoms with Crippen LogP contribution in [0.2, 0.25) is 0 Å². The molecule has 0 spiro atoms. The minimum Gasteiger partial charge on any atom is -0.493 e. The van der Waals surface area contributed by atoms with Crippen molar-refractivity contribution in [2.24, 2.45) is 0 Å². The van der Waals surface area contributed by atoms with E-state index in [9.17, 15) is 22.4 Å². The zero-order valence-electron chi connectivity index (χ0n) is 19.0. The molecule has 0 fully saturated rings. The van der Waals surface area contributed by atoms with Gasteiger partial charge in [0.2, 0.25) is 5.91 Å². The number of nitrogens with zero attached hydrogens (tertiary/aromatic N) is 1. The van der Waals surface area contributed by atoms with E-state index < -0.39 is 23.7 Å². The van der Waals surface area contributed by atoms with Crippen LogP contribution < -0.4 is 15.4 Å². The molecule has 0 radical (unpaired) electrons. The molecule has 5 nitrogen and oxygen atoms in total. The third-order valence-corrected chi connectivity index (χ3v) is 6.03. The summed E-state index contributed by atoms with van der Waals surface area (Å²) >= 11 is 0. The summed E-state index contributed by atoms with van der Waals surface area (Å²) in [5, 5.41) is 6.02. The number of alkyl halides is 3. The Balaban J connectivity index is 1.60. The minimum absolute atomic E-state index is 0.290. The van der Waals surface area contributed by atoms with E-state index in [0.29, 0.717) is 30.6 Å². The molecular weight excluding hydrogens is 462 g/mol. The van der Waals surface area contributed by atoms with Crippen LogP contribution in [0.15, 0.2) is 60.8 Å². The van der Waals surface area contributed by atoms with Gasteiger partial charge in [-0.15, -0.1) is 0 Å². The Hall–Kier alpha value is -3.46. The van der Waals surface area contributed by atoms with Crippen molar-refractivity contribution in [2.75, 3.05) is 13.7 Å². The average Bonchev–Trinajstić information content (AvgIpc) is 3.32. The van der Waals surface area contributed by atoms with Crippen molar-refractivity contribution in [3.8, 4) is 5.75 Å². The fourth-order valence-electron chi connectivity index (χ4n) is 4.14. The summed E-state index contributed by atoms with van der Waals surface area (Å²) in [5.74, 6) is 0.123. The number of benzene rings is 2. The van der Waals surface area contributed by atoms with Crippen molar-refractivity contribution < 1.29 is 27.1 Å². The monoisotopic (exact) mass is 487 g/mol. The number of aryl methyl sites for hydroxylation is 1. The lowest BCUT2D eigenvalue weighted by Crippen LogP contribution is -2.38. The Bertz CT molecular complexity index is 1160. The lowest BCUT2D eigenvalue weighted by atomic mass is 9.95. The predicted octanol–water partition coefficient (Wildman–Crippen LogP) is 4.93. The summed E-state index contributed by atoms with van der Waals surface area (Å²) in [4.78, 5) is 16.3. The summed E-state index contributed by atoms with van der Waals surface area (Å²) in [6, 6.07) is 12.8. The third kappa shape index (κ3) is 5.97. The molecule has 4 rings (SSSR count). The Kier molecular flexibility index (Phi) is 7.35. The Morgan fingerprint density at radius 2 is 1.83 bits per heavy atom. The molecule has 0 bridgehead atoms. The van der Waals surface area contributed by atoms with Gasteiger partial charge in [-0.1, -0.05) is 30.3 Å². The molecule has 1 aliphatic heterocycles. The number of fused-ring (bicyclic) bond motifs is 1.